The smallest absolute Gasteiger partial charge is 0.123 e. The number of hydrogen-bond acceptors (Lipinski definition) is 4. The minimum Gasteiger partial charge on any atom is -0.326 e. The zero-order valence-corrected chi connectivity index (χ0v) is 16.7. The number of para-hydroxylation sites is 2. The van der Waals surface area contributed by atoms with Crippen molar-refractivity contribution in [3.05, 3.63) is 71.5 Å². The summed E-state index contributed by atoms with van der Waals surface area (Å²) in [6.07, 6.45) is 5.95. The van der Waals surface area contributed by atoms with Crippen LogP contribution >= 0.6 is 11.3 Å². The Morgan fingerprint density at radius 3 is 2.57 bits per heavy atom. The highest BCUT2D eigenvalue weighted by Crippen LogP contribution is 2.25. The lowest BCUT2D eigenvalue weighted by Crippen LogP contribution is -2.29. The first-order valence-corrected chi connectivity index (χ1v) is 10.9. The third kappa shape index (κ3) is 3.73. The highest BCUT2D eigenvalue weighted by molar-refractivity contribution is 7.13. The van der Waals surface area contributed by atoms with E-state index < -0.39 is 0 Å². The number of likely N-dealkylation sites (tertiary alicyclic amines) is 1. The summed E-state index contributed by atoms with van der Waals surface area (Å²) in [6, 6.07) is 17.1. The van der Waals surface area contributed by atoms with Gasteiger partial charge in [0.1, 0.15) is 5.01 Å². The van der Waals surface area contributed by atoms with E-state index in [-0.39, 0.29) is 0 Å². The van der Waals surface area contributed by atoms with Crippen molar-refractivity contribution in [2.24, 2.45) is 0 Å². The molecule has 1 saturated heterocycles. The molecule has 0 unspecified atom stereocenters. The molecule has 5 rings (SSSR count). The largest absolute Gasteiger partial charge is 0.326 e. The Bertz CT molecular complexity index is 1060. The molecule has 4 nitrogen and oxygen atoms in total. The van der Waals surface area contributed by atoms with Crippen LogP contribution in [0.4, 0.5) is 0 Å². The number of nitrogens with zero attached hydrogens (tertiary/aromatic N) is 4. The third-order valence-electron chi connectivity index (χ3n) is 5.47. The van der Waals surface area contributed by atoms with E-state index in [4.69, 9.17) is 4.98 Å². The van der Waals surface area contributed by atoms with Gasteiger partial charge in [-0.2, -0.15) is 0 Å². The normalized spacial score (nSPS) is 15.3. The summed E-state index contributed by atoms with van der Waals surface area (Å²) < 4.78 is 2.20. The number of piperidine rings is 1. The van der Waals surface area contributed by atoms with Crippen molar-refractivity contribution in [2.75, 3.05) is 13.1 Å². The molecule has 4 aromatic rings. The zero-order valence-electron chi connectivity index (χ0n) is 15.9. The molecule has 142 valence electrons. The zero-order chi connectivity index (χ0) is 18.8. The Balaban J connectivity index is 1.28. The Morgan fingerprint density at radius 1 is 0.893 bits per heavy atom. The van der Waals surface area contributed by atoms with Crippen LogP contribution in [-0.4, -0.2) is 32.5 Å². The SMILES string of the molecule is c1ccc2c(c1)ncn2Cc1ccc(-c2nc(CN3CCCCC3)cs2)cc1. The lowest BCUT2D eigenvalue weighted by molar-refractivity contribution is 0.219. The van der Waals surface area contributed by atoms with E-state index in [0.29, 0.717) is 0 Å². The molecule has 3 heterocycles. The fourth-order valence-electron chi connectivity index (χ4n) is 3.94. The van der Waals surface area contributed by atoms with Crippen LogP contribution in [0.3, 0.4) is 0 Å². The predicted molar refractivity (Wildman–Crippen MR) is 116 cm³/mol. The first-order chi connectivity index (χ1) is 13.8. The summed E-state index contributed by atoms with van der Waals surface area (Å²) in [6.45, 7) is 4.25. The molecule has 28 heavy (non-hydrogen) atoms. The molecule has 2 aromatic heterocycles. The van der Waals surface area contributed by atoms with Gasteiger partial charge in [-0.15, -0.1) is 11.3 Å². The van der Waals surface area contributed by atoms with Crippen molar-refractivity contribution in [1.82, 2.24) is 19.4 Å². The summed E-state index contributed by atoms with van der Waals surface area (Å²) >= 11 is 1.75. The maximum absolute atomic E-state index is 4.88. The number of fused-ring (bicyclic) bond motifs is 1. The molecule has 0 radical (unpaired) electrons. The summed E-state index contributed by atoms with van der Waals surface area (Å²) in [5.74, 6) is 0. The first kappa shape index (κ1) is 17.6. The molecule has 2 aromatic carbocycles. The second-order valence-electron chi connectivity index (χ2n) is 7.54. The predicted octanol–water partition coefficient (Wildman–Crippen LogP) is 5.19. The minimum atomic E-state index is 0.832. The highest BCUT2D eigenvalue weighted by Gasteiger charge is 2.13. The van der Waals surface area contributed by atoms with Crippen LogP contribution in [-0.2, 0) is 13.1 Å². The van der Waals surface area contributed by atoms with Gasteiger partial charge in [-0.3, -0.25) is 4.90 Å². The van der Waals surface area contributed by atoms with Gasteiger partial charge in [0.05, 0.1) is 23.1 Å². The van der Waals surface area contributed by atoms with Crippen LogP contribution in [0.2, 0.25) is 0 Å². The fraction of sp³-hybridized carbons (Fsp3) is 0.304. The van der Waals surface area contributed by atoms with E-state index in [9.17, 15) is 0 Å². The summed E-state index contributed by atoms with van der Waals surface area (Å²) in [7, 11) is 0. The monoisotopic (exact) mass is 388 g/mol. The van der Waals surface area contributed by atoms with E-state index in [1.165, 1.54) is 54.7 Å². The van der Waals surface area contributed by atoms with Crippen LogP contribution in [0.1, 0.15) is 30.5 Å². The molecule has 5 heteroatoms. The van der Waals surface area contributed by atoms with Gasteiger partial charge in [0, 0.05) is 24.0 Å². The molecular formula is C23H24N4S. The molecule has 0 aliphatic carbocycles. The van der Waals surface area contributed by atoms with E-state index in [2.05, 4.69) is 62.3 Å². The van der Waals surface area contributed by atoms with Gasteiger partial charge in [0.15, 0.2) is 0 Å². The van der Waals surface area contributed by atoms with Gasteiger partial charge >= 0.3 is 0 Å². The summed E-state index contributed by atoms with van der Waals surface area (Å²) in [5, 5.41) is 3.33. The highest BCUT2D eigenvalue weighted by atomic mass is 32.1. The van der Waals surface area contributed by atoms with E-state index in [1.54, 1.807) is 11.3 Å². The first-order valence-electron chi connectivity index (χ1n) is 10.0. The number of aromatic nitrogens is 3. The maximum atomic E-state index is 4.88. The van der Waals surface area contributed by atoms with Crippen LogP contribution in [0.15, 0.2) is 60.2 Å². The second kappa shape index (κ2) is 7.86. The number of imidazole rings is 1. The van der Waals surface area contributed by atoms with E-state index in [0.717, 1.165) is 23.6 Å². The third-order valence-corrected chi connectivity index (χ3v) is 6.41. The van der Waals surface area contributed by atoms with Gasteiger partial charge in [0.2, 0.25) is 0 Å². The van der Waals surface area contributed by atoms with Gasteiger partial charge in [-0.05, 0) is 43.6 Å². The number of rotatable bonds is 5. The molecule has 0 spiro atoms. The van der Waals surface area contributed by atoms with Crippen molar-refractivity contribution < 1.29 is 0 Å². The molecular weight excluding hydrogens is 364 g/mol. The number of thiazole rings is 1. The van der Waals surface area contributed by atoms with Crippen molar-refractivity contribution in [1.29, 1.82) is 0 Å². The van der Waals surface area contributed by atoms with Crippen LogP contribution < -0.4 is 0 Å². The summed E-state index contributed by atoms with van der Waals surface area (Å²) in [5.41, 5.74) is 5.90. The topological polar surface area (TPSA) is 34.0 Å². The van der Waals surface area contributed by atoms with E-state index >= 15 is 0 Å². The Labute approximate surface area is 169 Å². The molecule has 1 fully saturated rings. The quantitative estimate of drug-likeness (QED) is 0.471. The lowest BCUT2D eigenvalue weighted by Gasteiger charge is -2.25. The second-order valence-corrected chi connectivity index (χ2v) is 8.40. The molecule has 0 amide bonds. The van der Waals surface area contributed by atoms with E-state index in [1.807, 2.05) is 12.4 Å². The van der Waals surface area contributed by atoms with Crippen LogP contribution in [0, 0.1) is 0 Å². The number of hydrogen-bond donors (Lipinski definition) is 0. The fourth-order valence-corrected chi connectivity index (χ4v) is 4.76. The van der Waals surface area contributed by atoms with Crippen molar-refractivity contribution in [2.45, 2.75) is 32.4 Å². The van der Waals surface area contributed by atoms with Crippen LogP contribution in [0.5, 0.6) is 0 Å². The lowest BCUT2D eigenvalue weighted by atomic mass is 10.1. The molecule has 0 N–H and O–H groups in total. The number of benzene rings is 2. The average Bonchev–Trinajstić information content (AvgIpc) is 3.37. The molecule has 0 bridgehead atoms. The van der Waals surface area contributed by atoms with Gasteiger partial charge in [0.25, 0.3) is 0 Å². The van der Waals surface area contributed by atoms with Crippen molar-refractivity contribution in [3.8, 4) is 10.6 Å². The van der Waals surface area contributed by atoms with Crippen molar-refractivity contribution >= 4 is 22.4 Å². The standard InChI is InChI=1S/C23H24N4S/c1-4-12-26(13-5-1)15-20-16-28-23(25-20)19-10-8-18(9-11-19)14-27-17-24-21-6-2-3-7-22(21)27/h2-3,6-11,16-17H,1,4-5,12-15H2. The Kier molecular flexibility index (Phi) is 4.93. The summed E-state index contributed by atoms with van der Waals surface area (Å²) in [4.78, 5) is 11.9. The Hall–Kier alpha value is -2.50. The molecule has 0 atom stereocenters. The van der Waals surface area contributed by atoms with Crippen molar-refractivity contribution in [3.63, 3.8) is 0 Å². The molecule has 0 saturated carbocycles. The van der Waals surface area contributed by atoms with Gasteiger partial charge in [-0.25, -0.2) is 9.97 Å². The minimum absolute atomic E-state index is 0.832. The average molecular weight is 389 g/mol. The molecule has 1 aliphatic heterocycles. The Morgan fingerprint density at radius 2 is 1.71 bits per heavy atom. The van der Waals surface area contributed by atoms with Gasteiger partial charge in [-0.1, -0.05) is 42.8 Å². The van der Waals surface area contributed by atoms with Crippen LogP contribution in [0.25, 0.3) is 21.6 Å². The molecule has 1 aliphatic rings. The van der Waals surface area contributed by atoms with Gasteiger partial charge < -0.3 is 4.57 Å². The maximum Gasteiger partial charge on any atom is 0.123 e.